The molecule has 6 heteroatoms. The van der Waals surface area contributed by atoms with Crippen LogP contribution in [0, 0.1) is 21.4 Å². The van der Waals surface area contributed by atoms with E-state index in [-0.39, 0.29) is 5.69 Å². The summed E-state index contributed by atoms with van der Waals surface area (Å²) < 4.78 is 0. The van der Waals surface area contributed by atoms with Crippen molar-refractivity contribution in [2.75, 3.05) is 11.9 Å². The van der Waals surface area contributed by atoms with Crippen LogP contribution in [-0.2, 0) is 6.42 Å². The highest BCUT2D eigenvalue weighted by molar-refractivity contribution is 5.53. The number of benzene rings is 1. The number of nitrogens with one attached hydrogen (secondary N) is 1. The van der Waals surface area contributed by atoms with Crippen molar-refractivity contribution in [1.82, 2.24) is 4.98 Å². The fourth-order valence-corrected chi connectivity index (χ4v) is 1.76. The molecule has 0 saturated carbocycles. The topological polar surface area (TPSA) is 91.8 Å². The van der Waals surface area contributed by atoms with Crippen molar-refractivity contribution in [3.8, 4) is 6.07 Å². The van der Waals surface area contributed by atoms with Gasteiger partial charge in [-0.1, -0.05) is 12.1 Å². The van der Waals surface area contributed by atoms with Crippen molar-refractivity contribution >= 4 is 11.4 Å². The van der Waals surface area contributed by atoms with E-state index in [1.807, 2.05) is 6.07 Å². The van der Waals surface area contributed by atoms with E-state index in [4.69, 9.17) is 5.26 Å². The molecule has 6 nitrogen and oxygen atoms in total. The summed E-state index contributed by atoms with van der Waals surface area (Å²) in [5.41, 5.74) is 2.12. The van der Waals surface area contributed by atoms with Crippen LogP contribution >= 0.6 is 0 Å². The molecule has 2 aromatic rings. The lowest BCUT2D eigenvalue weighted by Gasteiger charge is -2.07. The van der Waals surface area contributed by atoms with E-state index in [1.54, 1.807) is 30.5 Å². The first-order valence-electron chi connectivity index (χ1n) is 6.03. The Kier molecular flexibility index (Phi) is 4.24. The highest BCUT2D eigenvalue weighted by atomic mass is 16.6. The lowest BCUT2D eigenvalue weighted by Crippen LogP contribution is -2.06. The van der Waals surface area contributed by atoms with Gasteiger partial charge in [0.05, 0.1) is 10.6 Å². The number of rotatable bonds is 5. The Labute approximate surface area is 115 Å². The predicted molar refractivity (Wildman–Crippen MR) is 74.2 cm³/mol. The Morgan fingerprint density at radius 1 is 1.30 bits per heavy atom. The third-order valence-corrected chi connectivity index (χ3v) is 2.79. The van der Waals surface area contributed by atoms with Crippen molar-refractivity contribution < 1.29 is 4.92 Å². The fourth-order valence-electron chi connectivity index (χ4n) is 1.76. The van der Waals surface area contributed by atoms with Gasteiger partial charge in [-0.25, -0.2) is 4.98 Å². The summed E-state index contributed by atoms with van der Waals surface area (Å²) >= 11 is 0. The van der Waals surface area contributed by atoms with Crippen LogP contribution in [0.4, 0.5) is 11.4 Å². The zero-order valence-electron chi connectivity index (χ0n) is 10.6. The summed E-state index contributed by atoms with van der Waals surface area (Å²) in [5, 5.41) is 22.6. The number of nitrogens with zero attached hydrogens (tertiary/aromatic N) is 3. The van der Waals surface area contributed by atoms with Crippen molar-refractivity contribution in [1.29, 1.82) is 5.26 Å². The zero-order valence-corrected chi connectivity index (χ0v) is 10.6. The minimum absolute atomic E-state index is 0.0840. The van der Waals surface area contributed by atoms with E-state index in [9.17, 15) is 10.1 Å². The van der Waals surface area contributed by atoms with Crippen molar-refractivity contribution in [3.05, 3.63) is 64.0 Å². The number of aromatic nitrogens is 1. The van der Waals surface area contributed by atoms with Gasteiger partial charge in [-0.2, -0.15) is 5.26 Å². The first kappa shape index (κ1) is 13.5. The van der Waals surface area contributed by atoms with Crippen LogP contribution < -0.4 is 5.32 Å². The van der Waals surface area contributed by atoms with Crippen LogP contribution in [0.15, 0.2) is 42.6 Å². The Bertz CT molecular complexity index is 647. The molecule has 1 aromatic carbocycles. The molecular formula is C14H12N4O2. The SMILES string of the molecule is N#Cc1ncccc1NCCc1ccc([N+](=O)[O-])cc1. The molecule has 0 aliphatic rings. The number of nitro benzene ring substituents is 1. The van der Waals surface area contributed by atoms with Crippen molar-refractivity contribution in [2.45, 2.75) is 6.42 Å². The maximum atomic E-state index is 10.5. The predicted octanol–water partition coefficient (Wildman–Crippen LogP) is 2.52. The summed E-state index contributed by atoms with van der Waals surface area (Å²) in [4.78, 5) is 14.1. The van der Waals surface area contributed by atoms with Gasteiger partial charge in [-0.15, -0.1) is 0 Å². The summed E-state index contributed by atoms with van der Waals surface area (Å²) in [5.74, 6) is 0. The maximum Gasteiger partial charge on any atom is 0.269 e. The number of pyridine rings is 1. The number of hydrogen-bond acceptors (Lipinski definition) is 5. The molecule has 1 N–H and O–H groups in total. The van der Waals surface area contributed by atoms with Gasteiger partial charge in [0, 0.05) is 24.9 Å². The third-order valence-electron chi connectivity index (χ3n) is 2.79. The van der Waals surface area contributed by atoms with Crippen LogP contribution in [0.25, 0.3) is 0 Å². The molecular weight excluding hydrogens is 256 g/mol. The number of anilines is 1. The summed E-state index contributed by atoms with van der Waals surface area (Å²) in [7, 11) is 0. The largest absolute Gasteiger partial charge is 0.382 e. The Morgan fingerprint density at radius 2 is 2.05 bits per heavy atom. The number of non-ortho nitro benzene ring substituents is 1. The van der Waals surface area contributed by atoms with Crippen molar-refractivity contribution in [2.24, 2.45) is 0 Å². The molecule has 0 unspecified atom stereocenters. The van der Waals surface area contributed by atoms with E-state index < -0.39 is 4.92 Å². The second-order valence-corrected chi connectivity index (χ2v) is 4.11. The molecule has 0 saturated heterocycles. The minimum atomic E-state index is -0.420. The lowest BCUT2D eigenvalue weighted by atomic mass is 10.1. The van der Waals surface area contributed by atoms with E-state index in [1.165, 1.54) is 12.1 Å². The fraction of sp³-hybridized carbons (Fsp3) is 0.143. The van der Waals surface area contributed by atoms with Gasteiger partial charge >= 0.3 is 0 Å². The molecule has 0 atom stereocenters. The van der Waals surface area contributed by atoms with Crippen LogP contribution in [0.2, 0.25) is 0 Å². The minimum Gasteiger partial charge on any atom is -0.382 e. The molecule has 0 fully saturated rings. The lowest BCUT2D eigenvalue weighted by molar-refractivity contribution is -0.384. The average Bonchev–Trinajstić information content (AvgIpc) is 2.48. The molecule has 0 bridgehead atoms. The summed E-state index contributed by atoms with van der Waals surface area (Å²) in [6, 6.07) is 12.0. The highest BCUT2D eigenvalue weighted by Crippen LogP contribution is 2.13. The van der Waals surface area contributed by atoms with E-state index >= 15 is 0 Å². The monoisotopic (exact) mass is 268 g/mol. The molecule has 0 amide bonds. The Morgan fingerprint density at radius 3 is 2.70 bits per heavy atom. The van der Waals surface area contributed by atoms with E-state index in [2.05, 4.69) is 10.3 Å². The van der Waals surface area contributed by atoms with Gasteiger partial charge in [0.15, 0.2) is 5.69 Å². The quantitative estimate of drug-likeness (QED) is 0.664. The third kappa shape index (κ3) is 3.29. The molecule has 2 rings (SSSR count). The molecule has 1 heterocycles. The first-order valence-corrected chi connectivity index (χ1v) is 6.03. The summed E-state index contributed by atoms with van der Waals surface area (Å²) in [6.45, 7) is 0.623. The van der Waals surface area contributed by atoms with Crippen LogP contribution in [0.5, 0.6) is 0 Å². The normalized spacial score (nSPS) is 9.75. The molecule has 0 spiro atoms. The second-order valence-electron chi connectivity index (χ2n) is 4.11. The van der Waals surface area contributed by atoms with Gasteiger partial charge in [-0.05, 0) is 24.1 Å². The molecule has 20 heavy (non-hydrogen) atoms. The van der Waals surface area contributed by atoms with Crippen LogP contribution in [0.1, 0.15) is 11.3 Å². The van der Waals surface area contributed by atoms with Crippen molar-refractivity contribution in [3.63, 3.8) is 0 Å². The molecule has 0 radical (unpaired) electrons. The van der Waals surface area contributed by atoms with Crippen LogP contribution in [-0.4, -0.2) is 16.5 Å². The smallest absolute Gasteiger partial charge is 0.269 e. The van der Waals surface area contributed by atoms with Gasteiger partial charge in [0.1, 0.15) is 6.07 Å². The van der Waals surface area contributed by atoms with Gasteiger partial charge in [0.2, 0.25) is 0 Å². The van der Waals surface area contributed by atoms with Gasteiger partial charge < -0.3 is 5.32 Å². The molecule has 0 aliphatic heterocycles. The highest BCUT2D eigenvalue weighted by Gasteiger charge is 2.04. The van der Waals surface area contributed by atoms with Crippen LogP contribution in [0.3, 0.4) is 0 Å². The molecule has 100 valence electrons. The van der Waals surface area contributed by atoms with Gasteiger partial charge in [-0.3, -0.25) is 10.1 Å². The average molecular weight is 268 g/mol. The first-order chi connectivity index (χ1) is 9.70. The molecule has 0 aliphatic carbocycles. The second kappa shape index (κ2) is 6.29. The molecule has 1 aromatic heterocycles. The Hall–Kier alpha value is -2.94. The van der Waals surface area contributed by atoms with E-state index in [0.29, 0.717) is 24.3 Å². The maximum absolute atomic E-state index is 10.5. The number of hydrogen-bond donors (Lipinski definition) is 1. The Balaban J connectivity index is 1.93. The number of nitriles is 1. The summed E-state index contributed by atoms with van der Waals surface area (Å²) in [6.07, 6.45) is 2.28. The number of nitro groups is 1. The zero-order chi connectivity index (χ0) is 14.4. The van der Waals surface area contributed by atoms with Gasteiger partial charge in [0.25, 0.3) is 5.69 Å². The standard InChI is InChI=1S/C14H12N4O2/c15-10-14-13(2-1-8-16-14)17-9-7-11-3-5-12(6-4-11)18(19)20/h1-6,8,17H,7,9H2. The van der Waals surface area contributed by atoms with E-state index in [0.717, 1.165) is 5.56 Å².